The molecule has 1 heterocycles. The Morgan fingerprint density at radius 3 is 2.38 bits per heavy atom. The summed E-state index contributed by atoms with van der Waals surface area (Å²) in [6, 6.07) is 1.73. The monoisotopic (exact) mass is 201 g/mol. The SMILES string of the molecule is O=C(O)C(Nc1cccs1)C(=O)O. The van der Waals surface area contributed by atoms with Gasteiger partial charge in [0, 0.05) is 0 Å². The van der Waals surface area contributed by atoms with Crippen LogP contribution in [0.2, 0.25) is 0 Å². The molecule has 0 radical (unpaired) electrons. The molecule has 0 amide bonds. The molecule has 0 aliphatic rings. The van der Waals surface area contributed by atoms with Crippen LogP contribution in [0.25, 0.3) is 0 Å². The van der Waals surface area contributed by atoms with E-state index in [2.05, 4.69) is 5.32 Å². The van der Waals surface area contributed by atoms with Gasteiger partial charge in [-0.1, -0.05) is 0 Å². The van der Waals surface area contributed by atoms with E-state index in [1.807, 2.05) is 0 Å². The predicted molar refractivity (Wildman–Crippen MR) is 47.0 cm³/mol. The molecule has 0 spiro atoms. The molecule has 0 aromatic carbocycles. The summed E-state index contributed by atoms with van der Waals surface area (Å²) >= 11 is 1.25. The molecule has 13 heavy (non-hydrogen) atoms. The Kier molecular flexibility index (Phi) is 2.86. The lowest BCUT2D eigenvalue weighted by Crippen LogP contribution is -2.36. The van der Waals surface area contributed by atoms with Crippen LogP contribution in [0.15, 0.2) is 17.5 Å². The quantitative estimate of drug-likeness (QED) is 0.624. The van der Waals surface area contributed by atoms with Gasteiger partial charge in [-0.15, -0.1) is 11.3 Å². The van der Waals surface area contributed by atoms with Crippen molar-refractivity contribution in [3.05, 3.63) is 17.5 Å². The maximum atomic E-state index is 10.4. The van der Waals surface area contributed by atoms with Crippen molar-refractivity contribution in [3.63, 3.8) is 0 Å². The van der Waals surface area contributed by atoms with Crippen LogP contribution in [0.4, 0.5) is 5.00 Å². The van der Waals surface area contributed by atoms with Crippen molar-refractivity contribution in [3.8, 4) is 0 Å². The number of hydrogen-bond acceptors (Lipinski definition) is 4. The van der Waals surface area contributed by atoms with Gasteiger partial charge in [0.2, 0.25) is 6.04 Å². The largest absolute Gasteiger partial charge is 0.479 e. The van der Waals surface area contributed by atoms with Crippen LogP contribution in [0.1, 0.15) is 0 Å². The standard InChI is InChI=1S/C7H7NO4S/c9-6(10)5(7(11)12)8-4-2-1-3-13-4/h1-3,5,8H,(H,9,10)(H,11,12). The lowest BCUT2D eigenvalue weighted by Gasteiger charge is -2.08. The Morgan fingerprint density at radius 2 is 2.00 bits per heavy atom. The van der Waals surface area contributed by atoms with Crippen LogP contribution in [0.3, 0.4) is 0 Å². The molecule has 6 heteroatoms. The highest BCUT2D eigenvalue weighted by Gasteiger charge is 2.25. The molecule has 1 aromatic heterocycles. The molecule has 70 valence electrons. The third-order valence-electron chi connectivity index (χ3n) is 1.30. The van der Waals surface area contributed by atoms with Crippen molar-refractivity contribution in [2.24, 2.45) is 0 Å². The zero-order chi connectivity index (χ0) is 9.84. The van der Waals surface area contributed by atoms with Crippen LogP contribution in [-0.2, 0) is 9.59 Å². The van der Waals surface area contributed by atoms with Gasteiger partial charge in [0.1, 0.15) is 0 Å². The average molecular weight is 201 g/mol. The minimum Gasteiger partial charge on any atom is -0.479 e. The summed E-state index contributed by atoms with van der Waals surface area (Å²) in [6.07, 6.45) is 0. The van der Waals surface area contributed by atoms with Crippen molar-refractivity contribution in [2.45, 2.75) is 6.04 Å². The van der Waals surface area contributed by atoms with Crippen molar-refractivity contribution >= 4 is 28.3 Å². The number of thiophene rings is 1. The number of carboxylic acids is 2. The normalized spacial score (nSPS) is 9.92. The van der Waals surface area contributed by atoms with E-state index in [-0.39, 0.29) is 0 Å². The number of anilines is 1. The Morgan fingerprint density at radius 1 is 1.38 bits per heavy atom. The molecule has 0 saturated carbocycles. The highest BCUT2D eigenvalue weighted by atomic mass is 32.1. The molecule has 0 bridgehead atoms. The van der Waals surface area contributed by atoms with E-state index in [9.17, 15) is 9.59 Å². The van der Waals surface area contributed by atoms with Gasteiger partial charge in [-0.3, -0.25) is 0 Å². The fourth-order valence-corrected chi connectivity index (χ4v) is 1.38. The highest BCUT2D eigenvalue weighted by Crippen LogP contribution is 2.16. The number of carbonyl (C=O) groups is 2. The van der Waals surface area contributed by atoms with Crippen LogP contribution in [0, 0.1) is 0 Å². The molecule has 0 aliphatic carbocycles. The number of carboxylic acid groups (broad SMARTS) is 2. The van der Waals surface area contributed by atoms with E-state index in [1.54, 1.807) is 17.5 Å². The number of hydrogen-bond donors (Lipinski definition) is 3. The molecule has 0 unspecified atom stereocenters. The first-order valence-electron chi connectivity index (χ1n) is 3.37. The first kappa shape index (κ1) is 9.53. The predicted octanol–water partition coefficient (Wildman–Crippen LogP) is 0.698. The summed E-state index contributed by atoms with van der Waals surface area (Å²) in [4.78, 5) is 20.9. The zero-order valence-corrected chi connectivity index (χ0v) is 7.25. The number of nitrogens with one attached hydrogen (secondary N) is 1. The molecule has 5 nitrogen and oxygen atoms in total. The molecular weight excluding hydrogens is 194 g/mol. The van der Waals surface area contributed by atoms with Crippen LogP contribution < -0.4 is 5.32 Å². The van der Waals surface area contributed by atoms with Crippen LogP contribution >= 0.6 is 11.3 Å². The van der Waals surface area contributed by atoms with Crippen molar-refractivity contribution < 1.29 is 19.8 Å². The smallest absolute Gasteiger partial charge is 0.337 e. The first-order valence-corrected chi connectivity index (χ1v) is 4.25. The Hall–Kier alpha value is -1.56. The number of aliphatic carboxylic acids is 2. The van der Waals surface area contributed by atoms with E-state index in [0.717, 1.165) is 0 Å². The molecule has 0 fully saturated rings. The topological polar surface area (TPSA) is 86.6 Å². The molecular formula is C7H7NO4S. The van der Waals surface area contributed by atoms with E-state index >= 15 is 0 Å². The Bertz CT molecular complexity index is 294. The molecule has 1 aromatic rings. The van der Waals surface area contributed by atoms with Gasteiger partial charge in [-0.25, -0.2) is 9.59 Å². The second kappa shape index (κ2) is 3.90. The van der Waals surface area contributed by atoms with Gasteiger partial charge < -0.3 is 15.5 Å². The summed E-state index contributed by atoms with van der Waals surface area (Å²) in [7, 11) is 0. The fraction of sp³-hybridized carbons (Fsp3) is 0.143. The van der Waals surface area contributed by atoms with Crippen molar-refractivity contribution in [2.75, 3.05) is 5.32 Å². The van der Waals surface area contributed by atoms with E-state index in [1.165, 1.54) is 11.3 Å². The molecule has 3 N–H and O–H groups in total. The van der Waals surface area contributed by atoms with Gasteiger partial charge in [0.15, 0.2) is 0 Å². The zero-order valence-electron chi connectivity index (χ0n) is 6.43. The number of rotatable bonds is 4. The molecule has 0 aliphatic heterocycles. The second-order valence-corrected chi connectivity index (χ2v) is 3.18. The summed E-state index contributed by atoms with van der Waals surface area (Å²) in [6.45, 7) is 0. The van der Waals surface area contributed by atoms with Crippen LogP contribution in [0.5, 0.6) is 0 Å². The van der Waals surface area contributed by atoms with Crippen LogP contribution in [-0.4, -0.2) is 28.2 Å². The third kappa shape index (κ3) is 2.45. The Labute approximate surface area is 77.6 Å². The van der Waals surface area contributed by atoms with Crippen molar-refractivity contribution in [1.29, 1.82) is 0 Å². The van der Waals surface area contributed by atoms with E-state index < -0.39 is 18.0 Å². The molecule has 0 atom stereocenters. The first-order chi connectivity index (χ1) is 6.11. The second-order valence-electron chi connectivity index (χ2n) is 2.23. The summed E-state index contributed by atoms with van der Waals surface area (Å²) in [5.74, 6) is -2.80. The van der Waals surface area contributed by atoms with E-state index in [0.29, 0.717) is 5.00 Å². The lowest BCUT2D eigenvalue weighted by molar-refractivity contribution is -0.148. The minimum absolute atomic E-state index is 0.523. The molecule has 0 saturated heterocycles. The minimum atomic E-state index is -1.58. The molecule has 1 rings (SSSR count). The van der Waals surface area contributed by atoms with Crippen molar-refractivity contribution in [1.82, 2.24) is 0 Å². The van der Waals surface area contributed by atoms with E-state index in [4.69, 9.17) is 10.2 Å². The maximum absolute atomic E-state index is 10.4. The summed E-state index contributed by atoms with van der Waals surface area (Å²) < 4.78 is 0. The summed E-state index contributed by atoms with van der Waals surface area (Å²) in [5, 5.41) is 21.6. The van der Waals surface area contributed by atoms with Gasteiger partial charge in [-0.2, -0.15) is 0 Å². The maximum Gasteiger partial charge on any atom is 0.337 e. The van der Waals surface area contributed by atoms with Gasteiger partial charge >= 0.3 is 11.9 Å². The Balaban J connectivity index is 2.69. The van der Waals surface area contributed by atoms with Gasteiger partial charge in [-0.05, 0) is 17.5 Å². The highest BCUT2D eigenvalue weighted by molar-refractivity contribution is 7.14. The lowest BCUT2D eigenvalue weighted by atomic mass is 10.3. The van der Waals surface area contributed by atoms with Gasteiger partial charge in [0.25, 0.3) is 0 Å². The fourth-order valence-electron chi connectivity index (χ4n) is 0.732. The van der Waals surface area contributed by atoms with Gasteiger partial charge in [0.05, 0.1) is 5.00 Å². The summed E-state index contributed by atoms with van der Waals surface area (Å²) in [5.41, 5.74) is 0. The third-order valence-corrected chi connectivity index (χ3v) is 2.10. The average Bonchev–Trinajstić information content (AvgIpc) is 2.50.